The highest BCUT2D eigenvalue weighted by atomic mass is 16.5. The van der Waals surface area contributed by atoms with Crippen LogP contribution in [-0.4, -0.2) is 79.3 Å². The van der Waals surface area contributed by atoms with Crippen molar-refractivity contribution >= 4 is 17.5 Å². The van der Waals surface area contributed by atoms with Crippen molar-refractivity contribution in [3.8, 4) is 11.5 Å². The number of methoxy groups -OCH3 is 1. The molecular weight excluding hydrogens is 434 g/mol. The summed E-state index contributed by atoms with van der Waals surface area (Å²) in [7, 11) is 1.64. The first-order valence-corrected chi connectivity index (χ1v) is 11.7. The number of amides is 2. The van der Waals surface area contributed by atoms with Gasteiger partial charge in [0, 0.05) is 45.2 Å². The molecule has 184 valence electrons. The van der Waals surface area contributed by atoms with Gasteiger partial charge in [-0.25, -0.2) is 0 Å². The molecule has 34 heavy (non-hydrogen) atoms. The summed E-state index contributed by atoms with van der Waals surface area (Å²) in [6.07, 6.45) is 1.45. The molecule has 1 aliphatic rings. The third-order valence-corrected chi connectivity index (χ3v) is 5.81. The summed E-state index contributed by atoms with van der Waals surface area (Å²) < 4.78 is 10.9. The van der Waals surface area contributed by atoms with Crippen LogP contribution in [0, 0.1) is 0 Å². The fourth-order valence-electron chi connectivity index (χ4n) is 3.99. The van der Waals surface area contributed by atoms with Crippen molar-refractivity contribution in [2.24, 2.45) is 0 Å². The summed E-state index contributed by atoms with van der Waals surface area (Å²) in [4.78, 5) is 27.9. The van der Waals surface area contributed by atoms with Crippen molar-refractivity contribution in [3.05, 3.63) is 54.1 Å². The van der Waals surface area contributed by atoms with Crippen LogP contribution in [0.3, 0.4) is 0 Å². The van der Waals surface area contributed by atoms with E-state index in [4.69, 9.17) is 9.47 Å². The summed E-state index contributed by atoms with van der Waals surface area (Å²) in [5, 5.41) is 13.1. The number of β-amino-alcohol motifs (C(OH)–C–C–N with tert-alkyl or cyclic N) is 1. The predicted octanol–water partition coefficient (Wildman–Crippen LogP) is 2.56. The molecule has 2 aromatic rings. The van der Waals surface area contributed by atoms with Gasteiger partial charge in [-0.2, -0.15) is 0 Å². The molecule has 1 aliphatic heterocycles. The maximum atomic E-state index is 12.7. The van der Waals surface area contributed by atoms with Gasteiger partial charge < -0.3 is 24.8 Å². The van der Waals surface area contributed by atoms with Gasteiger partial charge in [-0.05, 0) is 61.3 Å². The molecule has 8 nitrogen and oxygen atoms in total. The second kappa shape index (κ2) is 13.0. The van der Waals surface area contributed by atoms with E-state index in [2.05, 4.69) is 10.2 Å². The molecule has 0 radical (unpaired) electrons. The van der Waals surface area contributed by atoms with Crippen LogP contribution in [-0.2, 0) is 16.0 Å². The first-order valence-electron chi connectivity index (χ1n) is 11.7. The minimum Gasteiger partial charge on any atom is -0.497 e. The number of ether oxygens (including phenoxy) is 2. The quantitative estimate of drug-likeness (QED) is 0.556. The topological polar surface area (TPSA) is 91.3 Å². The number of nitrogens with zero attached hydrogens (tertiary/aromatic N) is 2. The average Bonchev–Trinajstić information content (AvgIpc) is 3.07. The van der Waals surface area contributed by atoms with Gasteiger partial charge in [0.05, 0.1) is 7.11 Å². The number of carbonyl (C=O) groups excluding carboxylic acids is 2. The van der Waals surface area contributed by atoms with E-state index in [1.165, 1.54) is 6.92 Å². The Bertz CT molecular complexity index is 917. The lowest BCUT2D eigenvalue weighted by atomic mass is 10.1. The number of hydrogen-bond acceptors (Lipinski definition) is 6. The Kier molecular flexibility index (Phi) is 9.73. The minimum atomic E-state index is -0.632. The SMILES string of the molecule is COc1ccc(CCC(=O)N2CCCN(CC(O)COc3ccc(NC(C)=O)cc3)CC2)cc1. The van der Waals surface area contributed by atoms with E-state index >= 15 is 0 Å². The Morgan fingerprint density at radius 2 is 1.71 bits per heavy atom. The van der Waals surface area contributed by atoms with Crippen LogP contribution in [0.25, 0.3) is 0 Å². The van der Waals surface area contributed by atoms with Crippen LogP contribution in [0.4, 0.5) is 5.69 Å². The third kappa shape index (κ3) is 8.35. The largest absolute Gasteiger partial charge is 0.497 e. The fourth-order valence-corrected chi connectivity index (χ4v) is 3.99. The first-order chi connectivity index (χ1) is 16.4. The van der Waals surface area contributed by atoms with Crippen LogP contribution in [0.5, 0.6) is 11.5 Å². The molecule has 1 saturated heterocycles. The van der Waals surface area contributed by atoms with Crippen LogP contribution in [0.15, 0.2) is 48.5 Å². The Labute approximate surface area is 201 Å². The van der Waals surface area contributed by atoms with Crippen LogP contribution in [0.1, 0.15) is 25.3 Å². The maximum Gasteiger partial charge on any atom is 0.222 e. The lowest BCUT2D eigenvalue weighted by Crippen LogP contribution is -2.39. The highest BCUT2D eigenvalue weighted by Crippen LogP contribution is 2.16. The number of nitrogens with one attached hydrogen (secondary N) is 1. The molecule has 2 N–H and O–H groups in total. The zero-order valence-electron chi connectivity index (χ0n) is 20.0. The second-order valence-electron chi connectivity index (χ2n) is 8.55. The van der Waals surface area contributed by atoms with Crippen LogP contribution < -0.4 is 14.8 Å². The molecule has 1 atom stereocenters. The van der Waals surface area contributed by atoms with Gasteiger partial charge >= 0.3 is 0 Å². The zero-order chi connectivity index (χ0) is 24.3. The molecule has 1 fully saturated rings. The summed E-state index contributed by atoms with van der Waals surface area (Å²) >= 11 is 0. The number of hydrogen-bond donors (Lipinski definition) is 2. The molecule has 0 spiro atoms. The van der Waals surface area contributed by atoms with E-state index < -0.39 is 6.10 Å². The zero-order valence-corrected chi connectivity index (χ0v) is 20.0. The summed E-state index contributed by atoms with van der Waals surface area (Å²) in [5.74, 6) is 1.50. The van der Waals surface area contributed by atoms with E-state index in [0.29, 0.717) is 37.4 Å². The summed E-state index contributed by atoms with van der Waals surface area (Å²) in [5.41, 5.74) is 1.83. The Morgan fingerprint density at radius 1 is 1.00 bits per heavy atom. The maximum absolute atomic E-state index is 12.7. The molecule has 0 aromatic heterocycles. The Morgan fingerprint density at radius 3 is 2.38 bits per heavy atom. The van der Waals surface area contributed by atoms with Crippen molar-refractivity contribution < 1.29 is 24.2 Å². The summed E-state index contributed by atoms with van der Waals surface area (Å²) in [6, 6.07) is 14.9. The molecule has 0 aliphatic carbocycles. The molecule has 1 heterocycles. The van der Waals surface area contributed by atoms with Crippen molar-refractivity contribution in [3.63, 3.8) is 0 Å². The van der Waals surface area contributed by atoms with E-state index in [1.54, 1.807) is 31.4 Å². The van der Waals surface area contributed by atoms with Gasteiger partial charge in [-0.3, -0.25) is 14.5 Å². The number of aliphatic hydroxyl groups is 1. The van der Waals surface area contributed by atoms with Crippen molar-refractivity contribution in [2.45, 2.75) is 32.3 Å². The van der Waals surface area contributed by atoms with Gasteiger partial charge in [0.25, 0.3) is 0 Å². The van der Waals surface area contributed by atoms with Crippen LogP contribution >= 0.6 is 0 Å². The molecule has 1 unspecified atom stereocenters. The van der Waals surface area contributed by atoms with Crippen molar-refractivity contribution in [1.82, 2.24) is 9.80 Å². The minimum absolute atomic E-state index is 0.126. The first kappa shape index (κ1) is 25.5. The Hall–Kier alpha value is -3.10. The molecular formula is C26H35N3O5. The fraction of sp³-hybridized carbons (Fsp3) is 0.462. The highest BCUT2D eigenvalue weighted by Gasteiger charge is 2.20. The molecule has 8 heteroatoms. The van der Waals surface area contributed by atoms with Gasteiger partial charge in [0.2, 0.25) is 11.8 Å². The van der Waals surface area contributed by atoms with E-state index in [9.17, 15) is 14.7 Å². The normalized spacial score (nSPS) is 15.3. The van der Waals surface area contributed by atoms with Gasteiger partial charge in [-0.1, -0.05) is 12.1 Å². The molecule has 3 rings (SSSR count). The number of anilines is 1. The molecule has 2 amide bonds. The number of rotatable bonds is 10. The lowest BCUT2D eigenvalue weighted by Gasteiger charge is -2.24. The van der Waals surface area contributed by atoms with E-state index in [-0.39, 0.29) is 18.4 Å². The average molecular weight is 470 g/mol. The van der Waals surface area contributed by atoms with Gasteiger partial charge in [0.15, 0.2) is 0 Å². The number of aliphatic hydroxyl groups excluding tert-OH is 1. The number of aryl methyl sites for hydroxylation is 1. The van der Waals surface area contributed by atoms with Gasteiger partial charge in [0.1, 0.15) is 24.2 Å². The monoisotopic (exact) mass is 469 g/mol. The molecule has 2 aromatic carbocycles. The smallest absolute Gasteiger partial charge is 0.222 e. The van der Waals surface area contributed by atoms with E-state index in [1.807, 2.05) is 29.2 Å². The van der Waals surface area contributed by atoms with Crippen LogP contribution in [0.2, 0.25) is 0 Å². The third-order valence-electron chi connectivity index (χ3n) is 5.81. The van der Waals surface area contributed by atoms with Gasteiger partial charge in [-0.15, -0.1) is 0 Å². The lowest BCUT2D eigenvalue weighted by molar-refractivity contribution is -0.131. The predicted molar refractivity (Wildman–Crippen MR) is 131 cm³/mol. The molecule has 0 saturated carbocycles. The van der Waals surface area contributed by atoms with Crippen molar-refractivity contribution in [2.75, 3.05) is 51.8 Å². The number of benzene rings is 2. The Balaban J connectivity index is 1.37. The van der Waals surface area contributed by atoms with E-state index in [0.717, 1.165) is 37.4 Å². The standard InChI is InChI=1S/C26H35N3O5/c1-20(30)27-22-7-11-25(12-8-22)34-19-23(31)18-28-14-3-15-29(17-16-28)26(32)13-6-21-4-9-24(33-2)10-5-21/h4-5,7-12,23,31H,3,6,13-19H2,1-2H3,(H,27,30). The highest BCUT2D eigenvalue weighted by molar-refractivity contribution is 5.88. The van der Waals surface area contributed by atoms with Crippen molar-refractivity contribution in [1.29, 1.82) is 0 Å². The molecule has 0 bridgehead atoms. The second-order valence-corrected chi connectivity index (χ2v) is 8.55. The number of carbonyl (C=O) groups is 2. The summed E-state index contributed by atoms with van der Waals surface area (Å²) in [6.45, 7) is 5.12.